The van der Waals surface area contributed by atoms with Crippen LogP contribution in [0.1, 0.15) is 0 Å². The lowest BCUT2D eigenvalue weighted by molar-refractivity contribution is 0.355. The summed E-state index contributed by atoms with van der Waals surface area (Å²) in [5.41, 5.74) is 5.49. The van der Waals surface area contributed by atoms with Crippen LogP contribution in [0.2, 0.25) is 0 Å². The fraction of sp³-hybridized carbons (Fsp3) is 0.182. The van der Waals surface area contributed by atoms with Crippen LogP contribution in [0, 0.1) is 0 Å². The molecule has 0 atom stereocenters. The molecule has 0 bridgehead atoms. The smallest absolute Gasteiger partial charge is 0.350 e. The molecule has 0 amide bonds. The van der Waals surface area contributed by atoms with Gasteiger partial charge in [0.15, 0.2) is 11.5 Å². The molecule has 0 unspecified atom stereocenters. The van der Waals surface area contributed by atoms with Crippen LogP contribution in [0.3, 0.4) is 0 Å². The van der Waals surface area contributed by atoms with Crippen molar-refractivity contribution in [2.45, 2.75) is 0 Å². The van der Waals surface area contributed by atoms with E-state index in [1.54, 1.807) is 25.3 Å². The first-order valence-electron chi connectivity index (χ1n) is 5.35. The minimum Gasteiger partial charge on any atom is -0.493 e. The molecule has 19 heavy (non-hydrogen) atoms. The van der Waals surface area contributed by atoms with Gasteiger partial charge in [-0.1, -0.05) is 0 Å². The highest BCUT2D eigenvalue weighted by Gasteiger charge is 2.06. The highest BCUT2D eigenvalue weighted by Crippen LogP contribution is 2.30. The molecule has 8 heteroatoms. The maximum Gasteiger partial charge on any atom is 0.350 e. The Morgan fingerprint density at radius 1 is 1.21 bits per heavy atom. The number of benzene rings is 1. The van der Waals surface area contributed by atoms with Crippen molar-refractivity contribution in [2.75, 3.05) is 25.3 Å². The lowest BCUT2D eigenvalue weighted by atomic mass is 10.3. The van der Waals surface area contributed by atoms with Gasteiger partial charge in [0, 0.05) is 11.8 Å². The Morgan fingerprint density at radius 2 is 1.95 bits per heavy atom. The van der Waals surface area contributed by atoms with Crippen LogP contribution in [0.4, 0.5) is 17.6 Å². The first-order valence-corrected chi connectivity index (χ1v) is 5.35. The highest BCUT2D eigenvalue weighted by atomic mass is 16.5. The normalized spacial score (nSPS) is 10.0. The molecule has 0 aliphatic heterocycles. The SMILES string of the molecule is COc1ccc(Nc2nc(N)[nH]c(=O)n2)cc1OC. The number of rotatable bonds is 4. The van der Waals surface area contributed by atoms with Crippen LogP contribution in [-0.2, 0) is 0 Å². The maximum absolute atomic E-state index is 11.2. The van der Waals surface area contributed by atoms with E-state index in [9.17, 15) is 4.79 Å². The summed E-state index contributed by atoms with van der Waals surface area (Å²) in [6, 6.07) is 5.15. The number of hydrogen-bond acceptors (Lipinski definition) is 7. The molecule has 0 saturated carbocycles. The van der Waals surface area contributed by atoms with Crippen LogP contribution >= 0.6 is 0 Å². The van der Waals surface area contributed by atoms with Gasteiger partial charge in [-0.25, -0.2) is 4.79 Å². The monoisotopic (exact) mass is 263 g/mol. The summed E-state index contributed by atoms with van der Waals surface area (Å²) < 4.78 is 10.3. The third-order valence-electron chi connectivity index (χ3n) is 2.31. The molecule has 2 rings (SSSR count). The Morgan fingerprint density at radius 3 is 2.58 bits per heavy atom. The first kappa shape index (κ1) is 12.7. The van der Waals surface area contributed by atoms with Gasteiger partial charge in [-0.15, -0.1) is 0 Å². The van der Waals surface area contributed by atoms with Gasteiger partial charge >= 0.3 is 5.69 Å². The van der Waals surface area contributed by atoms with E-state index in [4.69, 9.17) is 15.2 Å². The van der Waals surface area contributed by atoms with Gasteiger partial charge in [0.25, 0.3) is 0 Å². The average molecular weight is 263 g/mol. The molecule has 0 fully saturated rings. The summed E-state index contributed by atoms with van der Waals surface area (Å²) in [6.07, 6.45) is 0. The van der Waals surface area contributed by atoms with Gasteiger partial charge in [-0.3, -0.25) is 4.98 Å². The number of anilines is 3. The van der Waals surface area contributed by atoms with Gasteiger partial charge in [0.2, 0.25) is 11.9 Å². The van der Waals surface area contributed by atoms with E-state index in [0.29, 0.717) is 17.2 Å². The lowest BCUT2D eigenvalue weighted by Crippen LogP contribution is -2.16. The molecule has 0 aliphatic carbocycles. The zero-order valence-electron chi connectivity index (χ0n) is 10.4. The molecule has 100 valence electrons. The molecule has 1 aromatic carbocycles. The second-order valence-electron chi connectivity index (χ2n) is 3.56. The van der Waals surface area contributed by atoms with Crippen LogP contribution in [0.25, 0.3) is 0 Å². The van der Waals surface area contributed by atoms with Crippen molar-refractivity contribution < 1.29 is 9.47 Å². The van der Waals surface area contributed by atoms with Gasteiger partial charge in [-0.2, -0.15) is 9.97 Å². The van der Waals surface area contributed by atoms with Gasteiger partial charge in [-0.05, 0) is 12.1 Å². The number of H-pyrrole nitrogens is 1. The summed E-state index contributed by atoms with van der Waals surface area (Å²) in [5, 5.41) is 2.85. The molecular weight excluding hydrogens is 250 g/mol. The first-order chi connectivity index (χ1) is 9.12. The standard InChI is InChI=1S/C11H13N5O3/c1-18-7-4-3-6(5-8(7)19-2)13-10-14-9(12)15-11(17)16-10/h3-5H,1-2H3,(H4,12,13,14,15,16,17). The number of hydrogen-bond donors (Lipinski definition) is 3. The average Bonchev–Trinajstić information content (AvgIpc) is 2.37. The van der Waals surface area contributed by atoms with Crippen molar-refractivity contribution in [3.05, 3.63) is 28.7 Å². The molecule has 0 aliphatic rings. The number of nitrogen functional groups attached to an aromatic ring is 1. The van der Waals surface area contributed by atoms with E-state index in [2.05, 4.69) is 20.3 Å². The lowest BCUT2D eigenvalue weighted by Gasteiger charge is -2.10. The van der Waals surface area contributed by atoms with E-state index >= 15 is 0 Å². The van der Waals surface area contributed by atoms with Crippen molar-refractivity contribution in [1.82, 2.24) is 15.0 Å². The fourth-order valence-corrected chi connectivity index (χ4v) is 1.50. The molecule has 1 aromatic heterocycles. The van der Waals surface area contributed by atoms with Crippen molar-refractivity contribution in [2.24, 2.45) is 0 Å². The number of nitrogens with one attached hydrogen (secondary N) is 2. The molecule has 4 N–H and O–H groups in total. The van der Waals surface area contributed by atoms with E-state index < -0.39 is 5.69 Å². The largest absolute Gasteiger partial charge is 0.493 e. The third-order valence-corrected chi connectivity index (χ3v) is 2.31. The van der Waals surface area contributed by atoms with Crippen molar-refractivity contribution in [1.29, 1.82) is 0 Å². The third kappa shape index (κ3) is 2.92. The number of ether oxygens (including phenoxy) is 2. The van der Waals surface area contributed by atoms with Crippen molar-refractivity contribution in [3.63, 3.8) is 0 Å². The second-order valence-corrected chi connectivity index (χ2v) is 3.56. The Bertz CT molecular complexity index is 640. The number of methoxy groups -OCH3 is 2. The van der Waals surface area contributed by atoms with Gasteiger partial charge in [0.05, 0.1) is 14.2 Å². The Labute approximate surface area is 108 Å². The molecule has 0 radical (unpaired) electrons. The predicted octanol–water partition coefficient (Wildman–Crippen LogP) is 0.508. The van der Waals surface area contributed by atoms with Crippen molar-refractivity contribution in [3.8, 4) is 11.5 Å². The number of aromatic nitrogens is 3. The Balaban J connectivity index is 2.30. The number of nitrogens with zero attached hydrogens (tertiary/aromatic N) is 2. The second kappa shape index (κ2) is 5.25. The summed E-state index contributed by atoms with van der Waals surface area (Å²) in [4.78, 5) is 20.9. The van der Waals surface area contributed by atoms with Gasteiger partial charge < -0.3 is 20.5 Å². The van der Waals surface area contributed by atoms with Gasteiger partial charge in [0.1, 0.15) is 0 Å². The minimum absolute atomic E-state index is 0.0111. The number of nitrogens with two attached hydrogens (primary N) is 1. The summed E-state index contributed by atoms with van der Waals surface area (Å²) in [6.45, 7) is 0. The van der Waals surface area contributed by atoms with Crippen LogP contribution < -0.4 is 26.2 Å². The Hall–Kier alpha value is -2.77. The molecule has 2 aromatic rings. The molecule has 0 spiro atoms. The molecule has 0 saturated heterocycles. The van der Waals surface area contributed by atoms with E-state index in [1.807, 2.05) is 0 Å². The fourth-order valence-electron chi connectivity index (χ4n) is 1.50. The maximum atomic E-state index is 11.2. The zero-order chi connectivity index (χ0) is 13.8. The molecule has 8 nitrogen and oxygen atoms in total. The van der Waals surface area contributed by atoms with Crippen molar-refractivity contribution >= 4 is 17.6 Å². The summed E-state index contributed by atoms with van der Waals surface area (Å²) in [7, 11) is 3.08. The molecular formula is C11H13N5O3. The van der Waals surface area contributed by atoms with Crippen LogP contribution in [0.15, 0.2) is 23.0 Å². The predicted molar refractivity (Wildman–Crippen MR) is 69.9 cm³/mol. The Kier molecular flexibility index (Phi) is 3.51. The minimum atomic E-state index is -0.574. The quantitative estimate of drug-likeness (QED) is 0.735. The van der Waals surface area contributed by atoms with E-state index in [-0.39, 0.29) is 11.9 Å². The van der Waals surface area contributed by atoms with E-state index in [1.165, 1.54) is 7.11 Å². The summed E-state index contributed by atoms with van der Waals surface area (Å²) in [5.74, 6) is 1.24. The topological polar surface area (TPSA) is 115 Å². The van der Waals surface area contributed by atoms with E-state index in [0.717, 1.165) is 0 Å². The molecule has 1 heterocycles. The number of aromatic amines is 1. The van der Waals surface area contributed by atoms with Crippen LogP contribution in [-0.4, -0.2) is 29.2 Å². The highest BCUT2D eigenvalue weighted by molar-refractivity contribution is 5.59. The zero-order valence-corrected chi connectivity index (χ0v) is 10.4. The van der Waals surface area contributed by atoms with Crippen LogP contribution in [0.5, 0.6) is 11.5 Å². The summed E-state index contributed by atoms with van der Waals surface area (Å²) >= 11 is 0.